The van der Waals surface area contributed by atoms with Crippen LogP contribution in [-0.4, -0.2) is 71.3 Å². The molecule has 0 saturated carbocycles. The first kappa shape index (κ1) is 59.4. The van der Waals surface area contributed by atoms with E-state index in [9.17, 15) is 43.3 Å². The summed E-state index contributed by atoms with van der Waals surface area (Å²) in [6.07, 6.45) is 3.06. The molecule has 0 saturated heterocycles. The highest BCUT2D eigenvalue weighted by atomic mass is 35.7. The summed E-state index contributed by atoms with van der Waals surface area (Å²) >= 11 is 0. The molecule has 0 spiro atoms. The number of fused-ring (bicyclic) bond motifs is 2. The number of sulfonamides is 1. The van der Waals surface area contributed by atoms with Crippen LogP contribution >= 0.6 is 10.7 Å². The molecule has 404 valence electrons. The maximum atomic E-state index is 13.5. The third-order valence-electron chi connectivity index (χ3n) is 12.6. The fourth-order valence-electron chi connectivity index (χ4n) is 8.30. The molecule has 18 nitrogen and oxygen atoms in total. The molecule has 8 rings (SSSR count). The second-order valence-corrected chi connectivity index (χ2v) is 27.5. The van der Waals surface area contributed by atoms with Crippen LogP contribution in [-0.2, 0) is 64.9 Å². The number of rotatable bonds is 15. The first-order valence-corrected chi connectivity index (χ1v) is 31.2. The molecule has 0 unspecified atom stereocenters. The highest BCUT2D eigenvalue weighted by molar-refractivity contribution is 8.13. The van der Waals surface area contributed by atoms with E-state index in [0.717, 1.165) is 28.9 Å². The Morgan fingerprint density at radius 1 is 0.623 bits per heavy atom. The smallest absolute Gasteiger partial charge is 0.261 e. The number of nitrogens with one attached hydrogen (secondary N) is 3. The number of hydrogen-bond donors (Lipinski definition) is 3. The number of carbonyl (C=O) groups excluding carboxylic acids is 2. The largest absolute Gasteiger partial charge is 0.348 e. The lowest BCUT2D eigenvalue weighted by Gasteiger charge is -2.27. The Bertz CT molecular complexity index is 3680. The zero-order valence-corrected chi connectivity index (χ0v) is 47.0. The van der Waals surface area contributed by atoms with Gasteiger partial charge in [-0.05, 0) is 70.5 Å². The van der Waals surface area contributed by atoms with Crippen molar-refractivity contribution in [3.8, 4) is 0 Å². The quantitative estimate of drug-likeness (QED) is 0.0643. The monoisotopic (exact) mass is 1140 g/mol. The van der Waals surface area contributed by atoms with Gasteiger partial charge in [-0.25, -0.2) is 43.4 Å². The van der Waals surface area contributed by atoms with Gasteiger partial charge in [0.05, 0.1) is 78.8 Å². The van der Waals surface area contributed by atoms with Gasteiger partial charge >= 0.3 is 0 Å². The van der Waals surface area contributed by atoms with Gasteiger partial charge in [-0.15, -0.1) is 0 Å². The number of carbonyl (C=O) groups is 2. The molecule has 0 aliphatic carbocycles. The minimum absolute atomic E-state index is 0.0107. The molecule has 6 aromatic rings. The van der Waals surface area contributed by atoms with Crippen LogP contribution in [0.5, 0.6) is 0 Å². The number of aromatic nitrogens is 2. The van der Waals surface area contributed by atoms with Crippen LogP contribution in [0.25, 0.3) is 9.69 Å². The van der Waals surface area contributed by atoms with Crippen molar-refractivity contribution in [2.75, 3.05) is 11.5 Å². The van der Waals surface area contributed by atoms with Crippen molar-refractivity contribution in [1.82, 2.24) is 30.2 Å². The molecule has 3 N–H and O–H groups in total. The standard InChI is InChI=1S/C27H28N4O5S2.C20H25N3O3S.C7H4ClNO2S/c1-5-37(33,34)23-10-6-19(7-11-23)15-30-27(32)20-14-21-17-31(26(18(2)3)25(21)29-16-20)38(35,36)24-12-8-22(28-4)9-13-24;1-4-27(25,26)17-7-5-14(6-8-17)10-23-20(24)16-9-15-11-21-18(13(2)3)19(15)22-12-16;1-9-6-2-4-7(5-3-6)12(8,10)11/h6-14,16,18,26H,5,15,17H2,1-3H3,(H,30,32);5-9,12-13,18,21H,4,10-11H2,1-3H3,(H,23,24);2-5H/t26-;18-;/m00./s1. The lowest BCUT2D eigenvalue weighted by Crippen LogP contribution is -2.32. The minimum atomic E-state index is -3.87. The van der Waals surface area contributed by atoms with Gasteiger partial charge in [0.2, 0.25) is 10.0 Å². The highest BCUT2D eigenvalue weighted by Crippen LogP contribution is 2.41. The Kier molecular flexibility index (Phi) is 19.3. The summed E-state index contributed by atoms with van der Waals surface area (Å²) in [7, 11) is -8.99. The van der Waals surface area contributed by atoms with E-state index in [2.05, 4.69) is 49.5 Å². The van der Waals surface area contributed by atoms with Crippen LogP contribution < -0.4 is 16.0 Å². The molecular weight excluding hydrogens is 1080 g/mol. The number of halogens is 1. The van der Waals surface area contributed by atoms with Gasteiger partial charge in [0.1, 0.15) is 0 Å². The predicted molar refractivity (Wildman–Crippen MR) is 292 cm³/mol. The normalized spacial score (nSPS) is 15.2. The van der Waals surface area contributed by atoms with Gasteiger partial charge in [-0.2, -0.15) is 4.31 Å². The summed E-state index contributed by atoms with van der Waals surface area (Å²) < 4.78 is 97.5. The molecule has 0 radical (unpaired) electrons. The van der Waals surface area contributed by atoms with E-state index in [1.54, 1.807) is 62.5 Å². The van der Waals surface area contributed by atoms with Crippen LogP contribution in [0, 0.1) is 25.0 Å². The van der Waals surface area contributed by atoms with Crippen LogP contribution in [0.1, 0.15) is 108 Å². The Labute approximate surface area is 455 Å². The molecule has 2 aromatic heterocycles. The fourth-order valence-corrected chi connectivity index (χ4v) is 12.5. The van der Waals surface area contributed by atoms with Gasteiger partial charge in [0, 0.05) is 49.3 Å². The number of hydrogen-bond acceptors (Lipinski definition) is 13. The van der Waals surface area contributed by atoms with E-state index >= 15 is 0 Å². The molecule has 2 aliphatic heterocycles. The average Bonchev–Trinajstić information content (AvgIpc) is 4.05. The number of pyridine rings is 2. The molecule has 4 aromatic carbocycles. The minimum Gasteiger partial charge on any atom is -0.348 e. The number of sulfone groups is 2. The maximum absolute atomic E-state index is 13.5. The van der Waals surface area contributed by atoms with Crippen LogP contribution in [0.3, 0.4) is 0 Å². The van der Waals surface area contributed by atoms with Gasteiger partial charge < -0.3 is 16.0 Å². The Balaban J connectivity index is 0.000000213. The van der Waals surface area contributed by atoms with Crippen molar-refractivity contribution in [1.29, 1.82) is 0 Å². The third kappa shape index (κ3) is 14.6. The summed E-state index contributed by atoms with van der Waals surface area (Å²) in [4.78, 5) is 41.4. The zero-order chi connectivity index (χ0) is 56.5. The van der Waals surface area contributed by atoms with Crippen molar-refractivity contribution in [3.63, 3.8) is 0 Å². The molecule has 2 amide bonds. The van der Waals surface area contributed by atoms with Crippen molar-refractivity contribution in [3.05, 3.63) is 189 Å². The topological polar surface area (TPSA) is 245 Å². The Morgan fingerprint density at radius 2 is 1.04 bits per heavy atom. The van der Waals surface area contributed by atoms with Gasteiger partial charge in [-0.1, -0.05) is 114 Å². The van der Waals surface area contributed by atoms with E-state index in [0.29, 0.717) is 51.1 Å². The number of nitrogens with zero attached hydrogens (tertiary/aromatic N) is 5. The summed E-state index contributed by atoms with van der Waals surface area (Å²) in [5.41, 5.74) is 6.52. The zero-order valence-electron chi connectivity index (χ0n) is 42.9. The van der Waals surface area contributed by atoms with Crippen molar-refractivity contribution in [2.24, 2.45) is 11.8 Å². The summed E-state index contributed by atoms with van der Waals surface area (Å²) in [5, 5.41) is 9.09. The SMILES string of the molecule is CCS(=O)(=O)c1ccc(CNC(=O)c2cnc3c(c2)CN[C@H]3C(C)C)cc1.[C-]#[N+]c1ccc(S(=O)(=O)Cl)cc1.[C-]#[N+]c1ccc(S(=O)(=O)N2Cc3cc(C(=O)NCc4ccc(S(=O)(=O)CC)cc4)cnc3[C@@H]2C(C)C)cc1. The summed E-state index contributed by atoms with van der Waals surface area (Å²) in [5.74, 6) is -0.107. The Hall–Kier alpha value is -6.89. The molecule has 0 bridgehead atoms. The molecule has 2 atom stereocenters. The maximum Gasteiger partial charge on any atom is 0.261 e. The van der Waals surface area contributed by atoms with E-state index in [1.807, 2.05) is 19.9 Å². The summed E-state index contributed by atoms with van der Waals surface area (Å²) in [6.45, 7) is 26.4. The lowest BCUT2D eigenvalue weighted by atomic mass is 10.0. The van der Waals surface area contributed by atoms with Crippen molar-refractivity contribution in [2.45, 2.75) is 99.4 Å². The Morgan fingerprint density at radius 3 is 1.44 bits per heavy atom. The van der Waals surface area contributed by atoms with Gasteiger partial charge in [0.15, 0.2) is 31.0 Å². The van der Waals surface area contributed by atoms with Gasteiger partial charge in [-0.3, -0.25) is 19.6 Å². The summed E-state index contributed by atoms with van der Waals surface area (Å²) in [6, 6.07) is 27.5. The lowest BCUT2D eigenvalue weighted by molar-refractivity contribution is 0.0942. The molecule has 77 heavy (non-hydrogen) atoms. The van der Waals surface area contributed by atoms with Crippen molar-refractivity contribution >= 4 is 72.6 Å². The molecule has 0 fully saturated rings. The molecule has 4 heterocycles. The van der Waals surface area contributed by atoms with E-state index in [4.69, 9.17) is 23.8 Å². The van der Waals surface area contributed by atoms with Crippen LogP contribution in [0.2, 0.25) is 0 Å². The molecule has 23 heteroatoms. The molecule has 2 aliphatic rings. The van der Waals surface area contributed by atoms with E-state index < -0.39 is 44.8 Å². The van der Waals surface area contributed by atoms with Gasteiger partial charge in [0.25, 0.3) is 20.9 Å². The molecular formula is C54H57ClN8O10S4. The third-order valence-corrected chi connectivity index (χ3v) is 19.3. The van der Waals surface area contributed by atoms with E-state index in [1.165, 1.54) is 71.2 Å². The first-order valence-electron chi connectivity index (χ1n) is 24.2. The second kappa shape index (κ2) is 25.1. The second-order valence-electron chi connectivity index (χ2n) is 18.5. The van der Waals surface area contributed by atoms with Crippen molar-refractivity contribution < 1.29 is 43.3 Å². The predicted octanol–water partition coefficient (Wildman–Crippen LogP) is 9.03. The average molecular weight is 1140 g/mol. The number of benzene rings is 4. The highest BCUT2D eigenvalue weighted by Gasteiger charge is 2.42. The van der Waals surface area contributed by atoms with E-state index in [-0.39, 0.29) is 63.1 Å². The van der Waals surface area contributed by atoms with Crippen LogP contribution in [0.4, 0.5) is 11.4 Å². The fraction of sp³-hybridized carbons (Fsp3) is 0.296. The number of amides is 2. The first-order chi connectivity index (χ1) is 36.3. The van der Waals surface area contributed by atoms with Crippen LogP contribution in [0.15, 0.2) is 141 Å².